The van der Waals surface area contributed by atoms with Crippen LogP contribution in [-0.2, 0) is 0 Å². The van der Waals surface area contributed by atoms with Gasteiger partial charge in [0.15, 0.2) is 11.6 Å². The van der Waals surface area contributed by atoms with Crippen molar-refractivity contribution < 1.29 is 14.2 Å². The van der Waals surface area contributed by atoms with Gasteiger partial charge in [0.25, 0.3) is 0 Å². The van der Waals surface area contributed by atoms with Gasteiger partial charge in [0.05, 0.1) is 6.10 Å². The van der Waals surface area contributed by atoms with Crippen molar-refractivity contribution in [2.24, 2.45) is 0 Å². The maximum absolute atomic E-state index is 13.2. The van der Waals surface area contributed by atoms with Crippen LogP contribution in [0.5, 0.6) is 5.75 Å². The molecule has 0 amide bonds. The summed E-state index contributed by atoms with van der Waals surface area (Å²) in [6, 6.07) is 2.74. The zero-order chi connectivity index (χ0) is 10.7. The lowest BCUT2D eigenvalue weighted by atomic mass is 10.2. The number of aliphatic hydroxyl groups is 1. The van der Waals surface area contributed by atoms with Crippen LogP contribution in [0.1, 0.15) is 12.5 Å². The Balaban J connectivity index is 2.82. The number of benzene rings is 1. The molecule has 0 radical (unpaired) electrons. The van der Waals surface area contributed by atoms with Crippen molar-refractivity contribution in [2.75, 3.05) is 12.3 Å². The minimum absolute atomic E-state index is 0.0550. The van der Waals surface area contributed by atoms with E-state index in [0.29, 0.717) is 11.3 Å². The lowest BCUT2D eigenvalue weighted by molar-refractivity contribution is 0.120. The molecule has 0 aliphatic rings. The van der Waals surface area contributed by atoms with Crippen molar-refractivity contribution in [3.63, 3.8) is 0 Å². The number of nitrogen functional groups attached to an aromatic ring is 1. The third-order valence-electron chi connectivity index (χ3n) is 1.80. The highest BCUT2D eigenvalue weighted by molar-refractivity contribution is 5.51. The summed E-state index contributed by atoms with van der Waals surface area (Å²) in [5.41, 5.74) is 6.74. The van der Waals surface area contributed by atoms with Gasteiger partial charge in [-0.05, 0) is 25.5 Å². The number of rotatable bonds is 3. The summed E-state index contributed by atoms with van der Waals surface area (Å²) in [4.78, 5) is 0. The maximum atomic E-state index is 13.2. The number of aliphatic hydroxyl groups excluding tert-OH is 1. The molecule has 0 saturated carbocycles. The van der Waals surface area contributed by atoms with E-state index in [0.717, 1.165) is 0 Å². The van der Waals surface area contributed by atoms with Gasteiger partial charge >= 0.3 is 0 Å². The number of hydrogen-bond acceptors (Lipinski definition) is 3. The van der Waals surface area contributed by atoms with Crippen LogP contribution in [0, 0.1) is 12.7 Å². The van der Waals surface area contributed by atoms with Gasteiger partial charge in [-0.2, -0.15) is 0 Å². The fourth-order valence-electron chi connectivity index (χ4n) is 0.990. The lowest BCUT2D eigenvalue weighted by Gasteiger charge is -2.10. The van der Waals surface area contributed by atoms with Gasteiger partial charge in [0.1, 0.15) is 6.61 Å². The van der Waals surface area contributed by atoms with Gasteiger partial charge in [-0.15, -0.1) is 0 Å². The Hall–Kier alpha value is -1.29. The van der Waals surface area contributed by atoms with Gasteiger partial charge in [0.2, 0.25) is 0 Å². The van der Waals surface area contributed by atoms with E-state index < -0.39 is 11.9 Å². The second-order valence-corrected chi connectivity index (χ2v) is 3.30. The van der Waals surface area contributed by atoms with E-state index in [2.05, 4.69) is 0 Å². The standard InChI is InChI=1S/C10H14FNO2/c1-6-3-8(11)10(4-9(6)12)14-5-7(2)13/h3-4,7,13H,5,12H2,1-2H3. The Morgan fingerprint density at radius 1 is 1.57 bits per heavy atom. The van der Waals surface area contributed by atoms with E-state index in [1.54, 1.807) is 13.8 Å². The van der Waals surface area contributed by atoms with Gasteiger partial charge < -0.3 is 15.6 Å². The predicted molar refractivity (Wildman–Crippen MR) is 52.7 cm³/mol. The van der Waals surface area contributed by atoms with Crippen LogP contribution < -0.4 is 10.5 Å². The highest BCUT2D eigenvalue weighted by atomic mass is 19.1. The number of halogens is 1. The molecule has 0 saturated heterocycles. The van der Waals surface area contributed by atoms with Gasteiger partial charge in [-0.25, -0.2) is 4.39 Å². The number of anilines is 1. The fraction of sp³-hybridized carbons (Fsp3) is 0.400. The number of nitrogens with two attached hydrogens (primary N) is 1. The molecule has 0 fully saturated rings. The van der Waals surface area contributed by atoms with Crippen molar-refractivity contribution in [1.29, 1.82) is 0 Å². The first kappa shape index (κ1) is 10.8. The molecule has 3 nitrogen and oxygen atoms in total. The Labute approximate surface area is 82.3 Å². The molecule has 1 atom stereocenters. The molecule has 0 aliphatic heterocycles. The average Bonchev–Trinajstić information content (AvgIpc) is 2.09. The van der Waals surface area contributed by atoms with Gasteiger partial charge in [-0.1, -0.05) is 0 Å². The summed E-state index contributed by atoms with van der Waals surface area (Å²) < 4.78 is 18.2. The zero-order valence-electron chi connectivity index (χ0n) is 8.25. The molecule has 1 aromatic carbocycles. The van der Waals surface area contributed by atoms with Crippen LogP contribution in [0.3, 0.4) is 0 Å². The number of hydrogen-bond donors (Lipinski definition) is 2. The zero-order valence-corrected chi connectivity index (χ0v) is 8.25. The van der Waals surface area contributed by atoms with Crippen LogP contribution in [-0.4, -0.2) is 17.8 Å². The van der Waals surface area contributed by atoms with Crippen molar-refractivity contribution in [2.45, 2.75) is 20.0 Å². The molecular weight excluding hydrogens is 185 g/mol. The normalized spacial score (nSPS) is 12.6. The molecule has 0 aromatic heterocycles. The Morgan fingerprint density at radius 3 is 2.79 bits per heavy atom. The summed E-state index contributed by atoms with van der Waals surface area (Å²) in [5, 5.41) is 8.95. The molecule has 14 heavy (non-hydrogen) atoms. The van der Waals surface area contributed by atoms with E-state index in [4.69, 9.17) is 15.6 Å². The van der Waals surface area contributed by atoms with Crippen molar-refractivity contribution in [3.8, 4) is 5.75 Å². The maximum Gasteiger partial charge on any atom is 0.165 e. The Morgan fingerprint density at radius 2 is 2.21 bits per heavy atom. The Bertz CT molecular complexity index is 326. The molecule has 1 unspecified atom stereocenters. The van der Waals surface area contributed by atoms with Crippen LogP contribution in [0.4, 0.5) is 10.1 Å². The quantitative estimate of drug-likeness (QED) is 0.725. The van der Waals surface area contributed by atoms with E-state index >= 15 is 0 Å². The first-order chi connectivity index (χ1) is 6.50. The Kier molecular flexibility index (Phi) is 3.30. The fourth-order valence-corrected chi connectivity index (χ4v) is 0.990. The van der Waals surface area contributed by atoms with Crippen molar-refractivity contribution >= 4 is 5.69 Å². The highest BCUT2D eigenvalue weighted by Crippen LogP contribution is 2.23. The molecule has 78 valence electrons. The van der Waals surface area contributed by atoms with E-state index in [1.807, 2.05) is 0 Å². The average molecular weight is 199 g/mol. The third-order valence-corrected chi connectivity index (χ3v) is 1.80. The topological polar surface area (TPSA) is 55.5 Å². The smallest absolute Gasteiger partial charge is 0.165 e. The molecule has 0 aliphatic carbocycles. The summed E-state index contributed by atoms with van der Waals surface area (Å²) in [6.45, 7) is 3.34. The molecule has 0 bridgehead atoms. The molecule has 1 rings (SSSR count). The molecule has 4 heteroatoms. The SMILES string of the molecule is Cc1cc(F)c(OCC(C)O)cc1N. The second-order valence-electron chi connectivity index (χ2n) is 3.30. The van der Waals surface area contributed by atoms with E-state index in [9.17, 15) is 4.39 Å². The van der Waals surface area contributed by atoms with Crippen molar-refractivity contribution in [3.05, 3.63) is 23.5 Å². The van der Waals surface area contributed by atoms with Crippen LogP contribution in [0.2, 0.25) is 0 Å². The summed E-state index contributed by atoms with van der Waals surface area (Å²) in [6.07, 6.45) is -0.628. The van der Waals surface area contributed by atoms with Crippen LogP contribution in [0.15, 0.2) is 12.1 Å². The second kappa shape index (κ2) is 4.28. The monoisotopic (exact) mass is 199 g/mol. The molecule has 3 N–H and O–H groups in total. The molecule has 0 spiro atoms. The van der Waals surface area contributed by atoms with E-state index in [1.165, 1.54) is 12.1 Å². The summed E-state index contributed by atoms with van der Waals surface area (Å²) in [7, 11) is 0. The van der Waals surface area contributed by atoms with Crippen LogP contribution in [0.25, 0.3) is 0 Å². The first-order valence-corrected chi connectivity index (χ1v) is 4.37. The minimum atomic E-state index is -0.628. The highest BCUT2D eigenvalue weighted by Gasteiger charge is 2.07. The van der Waals surface area contributed by atoms with Gasteiger partial charge in [-0.3, -0.25) is 0 Å². The van der Waals surface area contributed by atoms with Crippen LogP contribution >= 0.6 is 0 Å². The minimum Gasteiger partial charge on any atom is -0.488 e. The lowest BCUT2D eigenvalue weighted by Crippen LogP contribution is -2.13. The predicted octanol–water partition coefficient (Wildman–Crippen LogP) is 1.48. The molecule has 1 aromatic rings. The largest absolute Gasteiger partial charge is 0.488 e. The number of aryl methyl sites for hydroxylation is 1. The molecule has 0 heterocycles. The molecular formula is C10H14FNO2. The third kappa shape index (κ3) is 2.60. The van der Waals surface area contributed by atoms with E-state index in [-0.39, 0.29) is 12.4 Å². The van der Waals surface area contributed by atoms with Gasteiger partial charge in [0, 0.05) is 11.8 Å². The number of ether oxygens (including phenoxy) is 1. The van der Waals surface area contributed by atoms with Crippen molar-refractivity contribution in [1.82, 2.24) is 0 Å². The summed E-state index contributed by atoms with van der Waals surface area (Å²) >= 11 is 0. The summed E-state index contributed by atoms with van der Waals surface area (Å²) in [5.74, 6) is -0.383. The first-order valence-electron chi connectivity index (χ1n) is 4.37.